The molecule has 0 atom stereocenters. The summed E-state index contributed by atoms with van der Waals surface area (Å²) in [5.41, 5.74) is 2.71. The van der Waals surface area contributed by atoms with Crippen molar-refractivity contribution in [2.75, 3.05) is 45.6 Å². The van der Waals surface area contributed by atoms with Gasteiger partial charge in [0.05, 0.1) is 11.1 Å². The van der Waals surface area contributed by atoms with Crippen molar-refractivity contribution in [2.45, 2.75) is 19.3 Å². The highest BCUT2D eigenvalue weighted by molar-refractivity contribution is 5.94. The lowest BCUT2D eigenvalue weighted by Gasteiger charge is -2.11. The van der Waals surface area contributed by atoms with E-state index in [2.05, 4.69) is 52.0 Å². The largest absolute Gasteiger partial charge is 0.385 e. The van der Waals surface area contributed by atoms with Crippen molar-refractivity contribution in [1.82, 2.24) is 20.4 Å². The van der Waals surface area contributed by atoms with Crippen LogP contribution in [0.15, 0.2) is 53.3 Å². The first kappa shape index (κ1) is 26.9. The Labute approximate surface area is 196 Å². The fraction of sp³-hybridized carbons (Fsp3) is 0.391. The van der Waals surface area contributed by atoms with Gasteiger partial charge in [-0.1, -0.05) is 36.8 Å². The summed E-state index contributed by atoms with van der Waals surface area (Å²) in [6.45, 7) is 4.15. The number of nitrogens with one attached hydrogen (secondary N) is 3. The van der Waals surface area contributed by atoms with Crippen molar-refractivity contribution in [1.29, 1.82) is 0 Å². The van der Waals surface area contributed by atoms with Gasteiger partial charge in [0.15, 0.2) is 0 Å². The van der Waals surface area contributed by atoms with Crippen LogP contribution in [0, 0.1) is 0 Å². The number of H-pyrrole nitrogens is 1. The Bertz CT molecular complexity index is 977. The van der Waals surface area contributed by atoms with E-state index in [4.69, 9.17) is 0 Å². The number of aromatic nitrogens is 2. The van der Waals surface area contributed by atoms with Gasteiger partial charge in [0, 0.05) is 36.3 Å². The molecule has 3 rings (SSSR count). The normalized spacial score (nSPS) is 10.5. The predicted molar refractivity (Wildman–Crippen MR) is 136 cm³/mol. The molecule has 0 bridgehead atoms. The van der Waals surface area contributed by atoms with Gasteiger partial charge in [0.25, 0.3) is 5.56 Å². The molecule has 31 heavy (non-hydrogen) atoms. The molecule has 0 amide bonds. The molecule has 3 aromatic rings. The van der Waals surface area contributed by atoms with E-state index in [1.54, 1.807) is 0 Å². The smallest absolute Gasteiger partial charge is 0.272 e. The lowest BCUT2D eigenvalue weighted by molar-refractivity contribution is 0.399. The van der Waals surface area contributed by atoms with Crippen LogP contribution in [0.25, 0.3) is 22.0 Å². The Morgan fingerprint density at radius 3 is 2.42 bits per heavy atom. The average molecular weight is 466 g/mol. The number of fused-ring (bicyclic) bond motifs is 1. The highest BCUT2D eigenvalue weighted by Crippen LogP contribution is 2.26. The molecule has 170 valence electrons. The molecule has 0 aliphatic carbocycles. The SMILES string of the molecule is CN(C)CCNCCCCCNc1cccc(-c2n[nH]c(=O)c3ccccc23)c1.Cl.Cl. The summed E-state index contributed by atoms with van der Waals surface area (Å²) in [4.78, 5) is 14.2. The molecule has 3 N–H and O–H groups in total. The zero-order valence-corrected chi connectivity index (χ0v) is 19.8. The second-order valence-corrected chi connectivity index (χ2v) is 7.57. The molecule has 0 fully saturated rings. The van der Waals surface area contributed by atoms with E-state index in [1.165, 1.54) is 12.8 Å². The van der Waals surface area contributed by atoms with Gasteiger partial charge in [-0.05, 0) is 51.7 Å². The number of benzene rings is 2. The molecule has 0 aliphatic heterocycles. The van der Waals surface area contributed by atoms with Crippen molar-refractivity contribution in [3.05, 3.63) is 58.9 Å². The first-order chi connectivity index (χ1) is 14.1. The average Bonchev–Trinajstić information content (AvgIpc) is 2.73. The van der Waals surface area contributed by atoms with Crippen molar-refractivity contribution < 1.29 is 0 Å². The van der Waals surface area contributed by atoms with Crippen molar-refractivity contribution >= 4 is 41.3 Å². The van der Waals surface area contributed by atoms with E-state index in [0.29, 0.717) is 5.39 Å². The van der Waals surface area contributed by atoms with Gasteiger partial charge in [0.1, 0.15) is 0 Å². The third kappa shape index (κ3) is 8.15. The van der Waals surface area contributed by atoms with Crippen LogP contribution in [0.5, 0.6) is 0 Å². The standard InChI is InChI=1S/C23H31N5O.2ClH/c1-28(2)16-15-24-13-6-3-7-14-25-19-10-8-9-18(17-19)22-20-11-4-5-12-21(20)23(29)27-26-22;;/h4-5,8-12,17,24-25H,3,6-7,13-16H2,1-2H3,(H,27,29);2*1H. The summed E-state index contributed by atoms with van der Waals surface area (Å²) in [5, 5.41) is 15.4. The summed E-state index contributed by atoms with van der Waals surface area (Å²) in [6.07, 6.45) is 3.54. The lowest BCUT2D eigenvalue weighted by Crippen LogP contribution is -2.27. The fourth-order valence-corrected chi connectivity index (χ4v) is 3.32. The quantitative estimate of drug-likeness (QED) is 0.370. The summed E-state index contributed by atoms with van der Waals surface area (Å²) >= 11 is 0. The molecule has 0 radical (unpaired) electrons. The Morgan fingerprint density at radius 1 is 0.903 bits per heavy atom. The molecule has 0 unspecified atom stereocenters. The van der Waals surface area contributed by atoms with Crippen LogP contribution >= 0.6 is 24.8 Å². The predicted octanol–water partition coefficient (Wildman–Crippen LogP) is 4.17. The van der Waals surface area contributed by atoms with Gasteiger partial charge >= 0.3 is 0 Å². The van der Waals surface area contributed by atoms with Crippen LogP contribution in [-0.2, 0) is 0 Å². The minimum atomic E-state index is -0.158. The number of anilines is 1. The molecule has 6 nitrogen and oxygen atoms in total. The first-order valence-electron chi connectivity index (χ1n) is 10.3. The Balaban J connectivity index is 0.00000240. The summed E-state index contributed by atoms with van der Waals surface area (Å²) in [7, 11) is 4.19. The molecular weight excluding hydrogens is 433 g/mol. The molecule has 0 saturated heterocycles. The van der Waals surface area contributed by atoms with Gasteiger partial charge in [-0.25, -0.2) is 5.10 Å². The van der Waals surface area contributed by atoms with Gasteiger partial charge in [0.2, 0.25) is 0 Å². The fourth-order valence-electron chi connectivity index (χ4n) is 3.32. The van der Waals surface area contributed by atoms with Crippen LogP contribution in [0.4, 0.5) is 5.69 Å². The molecule has 8 heteroatoms. The highest BCUT2D eigenvalue weighted by Gasteiger charge is 2.08. The van der Waals surface area contributed by atoms with E-state index in [1.807, 2.05) is 36.4 Å². The number of hydrogen-bond acceptors (Lipinski definition) is 5. The van der Waals surface area contributed by atoms with Crippen LogP contribution in [0.1, 0.15) is 19.3 Å². The van der Waals surface area contributed by atoms with Gasteiger partial charge in [-0.2, -0.15) is 5.10 Å². The zero-order chi connectivity index (χ0) is 20.5. The Morgan fingerprint density at radius 2 is 1.65 bits per heavy atom. The molecule has 2 aromatic carbocycles. The Hall–Kier alpha value is -2.12. The number of rotatable bonds is 11. The second kappa shape index (κ2) is 14.0. The van der Waals surface area contributed by atoms with E-state index < -0.39 is 0 Å². The third-order valence-corrected chi connectivity index (χ3v) is 4.93. The van der Waals surface area contributed by atoms with Crippen LogP contribution in [0.3, 0.4) is 0 Å². The van der Waals surface area contributed by atoms with Gasteiger partial charge < -0.3 is 15.5 Å². The third-order valence-electron chi connectivity index (χ3n) is 4.93. The summed E-state index contributed by atoms with van der Waals surface area (Å²) < 4.78 is 0. The number of unbranched alkanes of at least 4 members (excludes halogenated alkanes) is 2. The molecular formula is C23H33Cl2N5O. The minimum Gasteiger partial charge on any atom is -0.385 e. The molecule has 0 saturated carbocycles. The second-order valence-electron chi connectivity index (χ2n) is 7.57. The first-order valence-corrected chi connectivity index (χ1v) is 10.3. The van der Waals surface area contributed by atoms with Crippen molar-refractivity contribution in [3.8, 4) is 11.3 Å². The topological polar surface area (TPSA) is 73.0 Å². The maximum Gasteiger partial charge on any atom is 0.272 e. The monoisotopic (exact) mass is 465 g/mol. The number of nitrogens with zero attached hydrogens (tertiary/aromatic N) is 2. The van der Waals surface area contributed by atoms with E-state index in [-0.39, 0.29) is 30.4 Å². The highest BCUT2D eigenvalue weighted by atomic mass is 35.5. The van der Waals surface area contributed by atoms with Crippen molar-refractivity contribution in [2.24, 2.45) is 0 Å². The number of aromatic amines is 1. The van der Waals surface area contributed by atoms with Crippen LogP contribution in [-0.4, -0.2) is 55.4 Å². The minimum absolute atomic E-state index is 0. The van der Waals surface area contributed by atoms with Crippen molar-refractivity contribution in [3.63, 3.8) is 0 Å². The maximum atomic E-state index is 12.0. The lowest BCUT2D eigenvalue weighted by atomic mass is 10.0. The summed E-state index contributed by atoms with van der Waals surface area (Å²) in [5.74, 6) is 0. The summed E-state index contributed by atoms with van der Waals surface area (Å²) in [6, 6.07) is 15.8. The molecule has 0 aliphatic rings. The Kier molecular flexibility index (Phi) is 12.2. The number of likely N-dealkylation sites (N-methyl/N-ethyl adjacent to an activating group) is 1. The van der Waals surface area contributed by atoms with Gasteiger partial charge in [-0.3, -0.25) is 4.79 Å². The molecule has 1 aromatic heterocycles. The maximum absolute atomic E-state index is 12.0. The molecule has 0 spiro atoms. The zero-order valence-electron chi connectivity index (χ0n) is 18.2. The number of hydrogen-bond donors (Lipinski definition) is 3. The van der Waals surface area contributed by atoms with Gasteiger partial charge in [-0.15, -0.1) is 24.8 Å². The van der Waals surface area contributed by atoms with E-state index in [0.717, 1.165) is 54.9 Å². The number of halogens is 2. The molecule has 1 heterocycles. The van der Waals surface area contributed by atoms with E-state index >= 15 is 0 Å². The van der Waals surface area contributed by atoms with Crippen LogP contribution in [0.2, 0.25) is 0 Å². The van der Waals surface area contributed by atoms with Crippen LogP contribution < -0.4 is 16.2 Å². The van der Waals surface area contributed by atoms with E-state index in [9.17, 15) is 4.79 Å².